The van der Waals surface area contributed by atoms with Gasteiger partial charge in [0.15, 0.2) is 5.82 Å². The van der Waals surface area contributed by atoms with Crippen LogP contribution >= 0.6 is 0 Å². The highest BCUT2D eigenvalue weighted by atomic mass is 32.2. The van der Waals surface area contributed by atoms with Crippen LogP contribution in [0.2, 0.25) is 0 Å². The molecule has 2 aromatic heterocycles. The predicted octanol–water partition coefficient (Wildman–Crippen LogP) is 3.02. The zero-order chi connectivity index (χ0) is 21.6. The molecule has 3 rings (SSSR count). The fourth-order valence-corrected chi connectivity index (χ4v) is 3.72. The summed E-state index contributed by atoms with van der Waals surface area (Å²) < 4.78 is 65.7. The molecule has 0 saturated heterocycles. The van der Waals surface area contributed by atoms with Gasteiger partial charge in [-0.3, -0.25) is 4.98 Å². The second-order valence-electron chi connectivity index (χ2n) is 5.98. The van der Waals surface area contributed by atoms with Crippen molar-refractivity contribution in [3.8, 4) is 0 Å². The van der Waals surface area contributed by atoms with E-state index in [4.69, 9.17) is 0 Å². The molecule has 0 bridgehead atoms. The van der Waals surface area contributed by atoms with E-state index in [1.54, 1.807) is 36.7 Å². The number of alkyl halides is 3. The first-order valence-electron chi connectivity index (χ1n) is 8.66. The molecule has 0 saturated carbocycles. The Morgan fingerprint density at radius 2 is 1.53 bits per heavy atom. The minimum absolute atomic E-state index is 0.0965. The summed E-state index contributed by atoms with van der Waals surface area (Å²) in [6.45, 7) is -0.0492. The van der Waals surface area contributed by atoms with Gasteiger partial charge in [-0.25, -0.2) is 13.1 Å². The Bertz CT molecular complexity index is 1080. The number of pyridine rings is 1. The number of aromatic nitrogens is 3. The molecule has 0 aliphatic heterocycles. The number of rotatable bonds is 8. The molecule has 0 fully saturated rings. The summed E-state index contributed by atoms with van der Waals surface area (Å²) in [5.41, 5.74) is -0.429. The Morgan fingerprint density at radius 1 is 0.867 bits per heavy atom. The molecule has 0 amide bonds. The molecule has 0 unspecified atom stereocenters. The first-order valence-corrected chi connectivity index (χ1v) is 10.1. The smallest absolute Gasteiger partial charge is 0.367 e. The topological polar surface area (TPSA) is 109 Å². The minimum atomic E-state index is -4.77. The first-order chi connectivity index (χ1) is 14.3. The van der Waals surface area contributed by atoms with E-state index < -0.39 is 26.7 Å². The van der Waals surface area contributed by atoms with Crippen molar-refractivity contribution in [1.29, 1.82) is 0 Å². The molecule has 2 heterocycles. The molecule has 0 aliphatic rings. The highest BCUT2D eigenvalue weighted by Crippen LogP contribution is 2.33. The number of hydrogen-bond donors (Lipinski definition) is 3. The van der Waals surface area contributed by atoms with Crippen molar-refractivity contribution in [1.82, 2.24) is 19.9 Å². The van der Waals surface area contributed by atoms with Gasteiger partial charge < -0.3 is 10.6 Å². The zero-order valence-corrected chi connectivity index (χ0v) is 16.2. The number of nitrogens with zero attached hydrogens (tertiary/aromatic N) is 3. The third-order valence-electron chi connectivity index (χ3n) is 3.82. The van der Waals surface area contributed by atoms with Gasteiger partial charge in [-0.15, -0.1) is 10.2 Å². The molecule has 158 valence electrons. The Hall–Kier alpha value is -3.25. The van der Waals surface area contributed by atoms with E-state index in [-0.39, 0.29) is 13.1 Å². The average molecular weight is 438 g/mol. The summed E-state index contributed by atoms with van der Waals surface area (Å²) in [7, 11) is -4.33. The van der Waals surface area contributed by atoms with E-state index in [9.17, 15) is 21.6 Å². The highest BCUT2D eigenvalue weighted by Gasteiger charge is 2.36. The third kappa shape index (κ3) is 5.64. The van der Waals surface area contributed by atoms with Crippen LogP contribution in [0.3, 0.4) is 0 Å². The van der Waals surface area contributed by atoms with Gasteiger partial charge in [0, 0.05) is 31.2 Å². The molecule has 0 aliphatic carbocycles. The normalized spacial score (nSPS) is 11.8. The van der Waals surface area contributed by atoms with Gasteiger partial charge in [0.2, 0.25) is 10.0 Å². The van der Waals surface area contributed by atoms with Crippen molar-refractivity contribution in [2.75, 3.05) is 23.7 Å². The van der Waals surface area contributed by atoms with Crippen LogP contribution in [0.4, 0.5) is 30.5 Å². The SMILES string of the molecule is O=S(=O)(NCCNc1ccc(Nc2ccncc2)nn1)c1ccccc1C(F)(F)F. The second-order valence-corrected chi connectivity index (χ2v) is 7.72. The van der Waals surface area contributed by atoms with Crippen LogP contribution in [0.25, 0.3) is 0 Å². The number of sulfonamides is 1. The maximum atomic E-state index is 13.0. The monoisotopic (exact) mass is 438 g/mol. The van der Waals surface area contributed by atoms with Crippen LogP contribution in [0.5, 0.6) is 0 Å². The number of hydrogen-bond acceptors (Lipinski definition) is 7. The second kappa shape index (κ2) is 9.05. The third-order valence-corrected chi connectivity index (χ3v) is 5.34. The van der Waals surface area contributed by atoms with Gasteiger partial charge in [-0.1, -0.05) is 12.1 Å². The van der Waals surface area contributed by atoms with Crippen molar-refractivity contribution < 1.29 is 21.6 Å². The quantitative estimate of drug-likeness (QED) is 0.464. The summed E-state index contributed by atoms with van der Waals surface area (Å²) in [6, 6.07) is 10.8. The van der Waals surface area contributed by atoms with Gasteiger partial charge in [0.1, 0.15) is 5.82 Å². The van der Waals surface area contributed by atoms with E-state index in [1.807, 2.05) is 0 Å². The lowest BCUT2D eigenvalue weighted by Crippen LogP contribution is -2.30. The van der Waals surface area contributed by atoms with Gasteiger partial charge in [-0.2, -0.15) is 13.2 Å². The van der Waals surface area contributed by atoms with Crippen molar-refractivity contribution in [2.45, 2.75) is 11.1 Å². The standard InChI is InChI=1S/C18H17F3N6O2S/c19-18(20,21)14-3-1-2-4-15(14)30(28,29)24-12-11-23-16-5-6-17(27-26-16)25-13-7-9-22-10-8-13/h1-10,24H,11-12H2,(H,23,26)(H,22,25,27). The molecular weight excluding hydrogens is 421 g/mol. The summed E-state index contributed by atoms with van der Waals surface area (Å²) in [6.07, 6.45) is -1.52. The first kappa shape index (κ1) is 21.5. The van der Waals surface area contributed by atoms with Crippen LogP contribution in [-0.4, -0.2) is 36.7 Å². The summed E-state index contributed by atoms with van der Waals surface area (Å²) in [5.74, 6) is 0.876. The van der Waals surface area contributed by atoms with Gasteiger partial charge in [0.05, 0.1) is 10.5 Å². The van der Waals surface area contributed by atoms with Gasteiger partial charge >= 0.3 is 6.18 Å². The number of benzene rings is 1. The van der Waals surface area contributed by atoms with Crippen molar-refractivity contribution in [3.05, 3.63) is 66.5 Å². The molecular formula is C18H17F3N6O2S. The van der Waals surface area contributed by atoms with Crippen molar-refractivity contribution in [2.24, 2.45) is 0 Å². The minimum Gasteiger partial charge on any atom is -0.367 e. The average Bonchev–Trinajstić information content (AvgIpc) is 2.72. The van der Waals surface area contributed by atoms with Crippen LogP contribution < -0.4 is 15.4 Å². The fourth-order valence-electron chi connectivity index (χ4n) is 2.47. The number of halogens is 3. The van der Waals surface area contributed by atoms with Gasteiger partial charge in [-0.05, 0) is 36.4 Å². The van der Waals surface area contributed by atoms with Crippen LogP contribution in [0.1, 0.15) is 5.56 Å². The highest BCUT2D eigenvalue weighted by molar-refractivity contribution is 7.89. The largest absolute Gasteiger partial charge is 0.417 e. The number of nitrogens with one attached hydrogen (secondary N) is 3. The molecule has 0 radical (unpaired) electrons. The molecule has 3 aromatic rings. The van der Waals surface area contributed by atoms with Crippen molar-refractivity contribution in [3.63, 3.8) is 0 Å². The Morgan fingerprint density at radius 3 is 2.20 bits per heavy atom. The maximum Gasteiger partial charge on any atom is 0.417 e. The molecule has 3 N–H and O–H groups in total. The molecule has 1 aromatic carbocycles. The molecule has 12 heteroatoms. The van der Waals surface area contributed by atoms with Crippen molar-refractivity contribution >= 4 is 27.3 Å². The molecule has 0 spiro atoms. The summed E-state index contributed by atoms with van der Waals surface area (Å²) in [5, 5.41) is 13.8. The Labute approximate surface area is 170 Å². The maximum absolute atomic E-state index is 13.0. The summed E-state index contributed by atoms with van der Waals surface area (Å²) in [4.78, 5) is 3.09. The van der Waals surface area contributed by atoms with E-state index in [0.717, 1.165) is 23.9 Å². The molecule has 30 heavy (non-hydrogen) atoms. The Kier molecular flexibility index (Phi) is 6.47. The van der Waals surface area contributed by atoms with E-state index in [0.29, 0.717) is 11.6 Å². The van der Waals surface area contributed by atoms with E-state index >= 15 is 0 Å². The summed E-state index contributed by atoms with van der Waals surface area (Å²) >= 11 is 0. The van der Waals surface area contributed by atoms with Crippen LogP contribution in [-0.2, 0) is 16.2 Å². The van der Waals surface area contributed by atoms with E-state index in [2.05, 4.69) is 30.5 Å². The van der Waals surface area contributed by atoms with E-state index in [1.165, 1.54) is 6.07 Å². The lowest BCUT2D eigenvalue weighted by molar-refractivity contribution is -0.139. The number of anilines is 3. The zero-order valence-electron chi connectivity index (χ0n) is 15.4. The lowest BCUT2D eigenvalue weighted by atomic mass is 10.2. The van der Waals surface area contributed by atoms with Crippen LogP contribution in [0, 0.1) is 0 Å². The van der Waals surface area contributed by atoms with Gasteiger partial charge in [0.25, 0.3) is 0 Å². The molecule has 8 nitrogen and oxygen atoms in total. The molecule has 0 atom stereocenters. The Balaban J connectivity index is 1.54. The van der Waals surface area contributed by atoms with Crippen LogP contribution in [0.15, 0.2) is 65.8 Å². The predicted molar refractivity (Wildman–Crippen MR) is 105 cm³/mol. The lowest BCUT2D eigenvalue weighted by Gasteiger charge is -2.14. The fraction of sp³-hybridized carbons (Fsp3) is 0.167.